The van der Waals surface area contributed by atoms with Crippen molar-refractivity contribution in [3.63, 3.8) is 0 Å². The standard InChI is InChI=1S/C15H12N4O6/c1-2-5-9(8-25-15(22)12(17-16)19(23)24)18-13(20)10-6-3-4-7-11(10)14(18)21/h2-4,6-7,9H,1,5,8H2/t9-/m1/s1. The third kappa shape index (κ3) is 3.33. The maximum absolute atomic E-state index is 12.4. The average Bonchev–Trinajstić information content (AvgIpc) is 2.84. The summed E-state index contributed by atoms with van der Waals surface area (Å²) in [6.07, 6.45) is 1.51. The number of nitrogens with zero attached hydrogens (tertiary/aromatic N) is 4. The average molecular weight is 344 g/mol. The van der Waals surface area contributed by atoms with Gasteiger partial charge in [0, 0.05) is 0 Å². The molecule has 0 bridgehead atoms. The number of hydrogen-bond donors (Lipinski definition) is 0. The van der Waals surface area contributed by atoms with Crippen molar-refractivity contribution in [2.24, 2.45) is 0 Å². The van der Waals surface area contributed by atoms with Crippen LogP contribution in [0.15, 0.2) is 36.9 Å². The van der Waals surface area contributed by atoms with Crippen LogP contribution in [0.5, 0.6) is 0 Å². The van der Waals surface area contributed by atoms with E-state index in [0.717, 1.165) is 4.90 Å². The Balaban J connectivity index is 2.20. The number of amidine groups is 1. The van der Waals surface area contributed by atoms with Gasteiger partial charge in [-0.1, -0.05) is 23.0 Å². The van der Waals surface area contributed by atoms with Gasteiger partial charge in [-0.25, -0.2) is 4.79 Å². The van der Waals surface area contributed by atoms with Crippen LogP contribution in [0.2, 0.25) is 0 Å². The third-order valence-electron chi connectivity index (χ3n) is 3.49. The van der Waals surface area contributed by atoms with Gasteiger partial charge in [0.05, 0.1) is 17.2 Å². The number of amides is 2. The zero-order valence-corrected chi connectivity index (χ0v) is 12.8. The van der Waals surface area contributed by atoms with Gasteiger partial charge in [0.2, 0.25) is 0 Å². The van der Waals surface area contributed by atoms with Crippen molar-refractivity contribution in [1.82, 2.24) is 4.90 Å². The van der Waals surface area contributed by atoms with Crippen LogP contribution in [0, 0.1) is 10.1 Å². The molecule has 1 atom stereocenters. The summed E-state index contributed by atoms with van der Waals surface area (Å²) in [6, 6.07) is 5.31. The molecule has 0 aromatic heterocycles. The first kappa shape index (κ1) is 17.7. The number of hydrogen-bond acceptors (Lipinski definition) is 6. The van der Waals surface area contributed by atoms with Crippen molar-refractivity contribution < 1.29 is 28.8 Å². The number of imide groups is 1. The highest BCUT2D eigenvalue weighted by atomic mass is 16.6. The predicted octanol–water partition coefficient (Wildman–Crippen LogP) is 0.676. The Hall–Kier alpha value is -3.65. The number of esters is 1. The van der Waals surface area contributed by atoms with Crippen LogP contribution in [0.4, 0.5) is 0 Å². The van der Waals surface area contributed by atoms with Crippen molar-refractivity contribution in [3.8, 4) is 0 Å². The normalized spacial score (nSPS) is 13.7. The van der Waals surface area contributed by atoms with Crippen molar-refractivity contribution in [2.45, 2.75) is 12.5 Å². The Bertz CT molecular complexity index is 792. The zero-order chi connectivity index (χ0) is 18.6. The van der Waals surface area contributed by atoms with Crippen molar-refractivity contribution in [3.05, 3.63) is 63.7 Å². The Labute approximate surface area is 141 Å². The van der Waals surface area contributed by atoms with Crippen LogP contribution in [0.25, 0.3) is 5.53 Å². The van der Waals surface area contributed by atoms with Gasteiger partial charge in [-0.15, -0.1) is 6.58 Å². The number of ether oxygens (including phenoxy) is 1. The van der Waals surface area contributed by atoms with Crippen LogP contribution in [-0.2, 0) is 9.53 Å². The maximum Gasteiger partial charge on any atom is 0.690 e. The SMILES string of the molecule is C=CC[C@H](COC(=O)C(=[N+]=[N-])[N+](=O)[O-])N1C(=O)c2ccccc2C1=O. The molecule has 10 heteroatoms. The molecule has 0 saturated carbocycles. The summed E-state index contributed by atoms with van der Waals surface area (Å²) >= 11 is 0. The Morgan fingerprint density at radius 2 is 1.92 bits per heavy atom. The summed E-state index contributed by atoms with van der Waals surface area (Å²) in [5.74, 6) is -4.01. The van der Waals surface area contributed by atoms with E-state index in [1.807, 2.05) is 0 Å². The summed E-state index contributed by atoms with van der Waals surface area (Å²) in [4.78, 5) is 48.9. The first-order valence-corrected chi connectivity index (χ1v) is 7.03. The molecule has 0 radical (unpaired) electrons. The first-order chi connectivity index (χ1) is 11.9. The lowest BCUT2D eigenvalue weighted by atomic mass is 10.1. The largest absolute Gasteiger partial charge is 0.690 e. The summed E-state index contributed by atoms with van der Waals surface area (Å²) < 4.78 is 4.71. The summed E-state index contributed by atoms with van der Waals surface area (Å²) in [7, 11) is 0. The van der Waals surface area contributed by atoms with Gasteiger partial charge >= 0.3 is 11.8 Å². The molecule has 1 aliphatic heterocycles. The van der Waals surface area contributed by atoms with Gasteiger partial charge in [-0.05, 0) is 18.6 Å². The number of rotatable bonds is 5. The van der Waals surface area contributed by atoms with Crippen LogP contribution in [-0.4, -0.2) is 50.9 Å². The quantitative estimate of drug-likeness (QED) is 0.0884. The molecule has 1 aromatic carbocycles. The molecule has 2 amide bonds. The van der Waals surface area contributed by atoms with E-state index < -0.39 is 41.2 Å². The Morgan fingerprint density at radius 3 is 2.36 bits per heavy atom. The lowest BCUT2D eigenvalue weighted by molar-refractivity contribution is -0.383. The second-order valence-electron chi connectivity index (χ2n) is 4.98. The zero-order valence-electron chi connectivity index (χ0n) is 12.8. The van der Waals surface area contributed by atoms with E-state index in [1.165, 1.54) is 18.2 Å². The minimum Gasteiger partial charge on any atom is -0.449 e. The van der Waals surface area contributed by atoms with E-state index in [9.17, 15) is 24.5 Å². The fraction of sp³-hybridized carbons (Fsp3) is 0.200. The third-order valence-corrected chi connectivity index (χ3v) is 3.49. The minimum absolute atomic E-state index is 0.100. The van der Waals surface area contributed by atoms with Crippen LogP contribution in [0.1, 0.15) is 27.1 Å². The Morgan fingerprint density at radius 1 is 1.36 bits per heavy atom. The van der Waals surface area contributed by atoms with E-state index in [-0.39, 0.29) is 17.5 Å². The van der Waals surface area contributed by atoms with Gasteiger partial charge < -0.3 is 10.3 Å². The van der Waals surface area contributed by atoms with Gasteiger partial charge in [0.15, 0.2) is 4.92 Å². The Kier molecular flexibility index (Phi) is 5.15. The molecular formula is C15H12N4O6. The first-order valence-electron chi connectivity index (χ1n) is 7.03. The fourth-order valence-corrected chi connectivity index (χ4v) is 2.37. The van der Waals surface area contributed by atoms with Crippen LogP contribution >= 0.6 is 0 Å². The molecule has 0 aliphatic carbocycles. The molecule has 2 rings (SSSR count). The second-order valence-corrected chi connectivity index (χ2v) is 4.98. The summed E-state index contributed by atoms with van der Waals surface area (Å²) in [5.41, 5.74) is 8.90. The predicted molar refractivity (Wildman–Crippen MR) is 82.1 cm³/mol. The van der Waals surface area contributed by atoms with Gasteiger partial charge in [0.1, 0.15) is 6.61 Å². The van der Waals surface area contributed by atoms with E-state index in [0.29, 0.717) is 0 Å². The van der Waals surface area contributed by atoms with Gasteiger partial charge in [-0.3, -0.25) is 24.6 Å². The smallest absolute Gasteiger partial charge is 0.449 e. The molecule has 0 saturated heterocycles. The molecule has 0 fully saturated rings. The molecular weight excluding hydrogens is 332 g/mol. The molecule has 128 valence electrons. The molecule has 0 N–H and O–H groups in total. The lowest BCUT2D eigenvalue weighted by Crippen LogP contribution is -2.43. The molecule has 10 nitrogen and oxygen atoms in total. The van der Waals surface area contributed by atoms with E-state index in [1.54, 1.807) is 12.1 Å². The minimum atomic E-state index is -1.49. The van der Waals surface area contributed by atoms with Crippen LogP contribution in [0.3, 0.4) is 0 Å². The van der Waals surface area contributed by atoms with E-state index >= 15 is 0 Å². The molecule has 1 heterocycles. The van der Waals surface area contributed by atoms with E-state index in [4.69, 9.17) is 10.3 Å². The highest BCUT2D eigenvalue weighted by Crippen LogP contribution is 2.25. The van der Waals surface area contributed by atoms with Crippen molar-refractivity contribution in [2.75, 3.05) is 6.61 Å². The molecule has 1 aromatic rings. The van der Waals surface area contributed by atoms with Crippen LogP contribution < -0.4 is 0 Å². The highest BCUT2D eigenvalue weighted by molar-refractivity contribution is 6.29. The lowest BCUT2D eigenvalue weighted by Gasteiger charge is -2.24. The van der Waals surface area contributed by atoms with Crippen molar-refractivity contribution >= 4 is 23.6 Å². The monoisotopic (exact) mass is 344 g/mol. The summed E-state index contributed by atoms with van der Waals surface area (Å²) in [6.45, 7) is 3.01. The molecule has 1 aliphatic rings. The topological polar surface area (TPSA) is 143 Å². The summed E-state index contributed by atoms with van der Waals surface area (Å²) in [5, 5.41) is 10.5. The number of fused-ring (bicyclic) bond motifs is 1. The number of benzene rings is 1. The number of carbonyl (C=O) groups is 3. The van der Waals surface area contributed by atoms with Gasteiger partial charge in [-0.2, -0.15) is 0 Å². The molecule has 0 spiro atoms. The van der Waals surface area contributed by atoms with Crippen molar-refractivity contribution in [1.29, 1.82) is 0 Å². The maximum atomic E-state index is 12.4. The number of nitro groups is 1. The fourth-order valence-electron chi connectivity index (χ4n) is 2.37. The number of carbonyl (C=O) groups excluding carboxylic acids is 3. The highest BCUT2D eigenvalue weighted by Gasteiger charge is 2.42. The second kappa shape index (κ2) is 7.28. The molecule has 0 unspecified atom stereocenters. The molecule has 25 heavy (non-hydrogen) atoms. The van der Waals surface area contributed by atoms with Gasteiger partial charge in [0.25, 0.3) is 11.8 Å². The van der Waals surface area contributed by atoms with E-state index in [2.05, 4.69) is 11.4 Å².